The lowest BCUT2D eigenvalue weighted by Crippen LogP contribution is -2.60. The van der Waals surface area contributed by atoms with E-state index in [9.17, 15) is 60.7 Å². The van der Waals surface area contributed by atoms with Gasteiger partial charge in [-0.25, -0.2) is 17.6 Å². The van der Waals surface area contributed by atoms with Crippen molar-refractivity contribution in [3.05, 3.63) is 174 Å². The van der Waals surface area contributed by atoms with E-state index in [1.165, 1.54) is 118 Å². The summed E-state index contributed by atoms with van der Waals surface area (Å²) in [7, 11) is 18.6. The van der Waals surface area contributed by atoms with Crippen molar-refractivity contribution < 1.29 is 60.7 Å². The third kappa shape index (κ3) is 32.1. The van der Waals surface area contributed by atoms with Crippen LogP contribution >= 0.6 is 34.0 Å². The molecule has 0 unspecified atom stereocenters. The molecule has 0 bridgehead atoms. The third-order valence-electron chi connectivity index (χ3n) is 27.0. The number of piperidine rings is 3. The van der Waals surface area contributed by atoms with Crippen LogP contribution in [0.15, 0.2) is 119 Å². The van der Waals surface area contributed by atoms with E-state index in [0.29, 0.717) is 93.8 Å². The summed E-state index contributed by atoms with van der Waals surface area (Å²) in [6.45, 7) is 6.02. The number of likely N-dealkylation sites (tertiary alicyclic amines) is 3. The molecule has 31 heteroatoms. The summed E-state index contributed by atoms with van der Waals surface area (Å²) in [6.07, 6.45) is 27.0. The standard InChI is InChI=1S/C33H47F2N5O3S.2C33H48FN5O3S/c1-38(2)17-8-7-13-30(39(3)24-10-5-4-6-11-24)33(43)40-18-16-29(37-32(42)26-15-14-23(34)20-28(26)35)27(22-40)31(41)36-21-25-12-9-19-44-25;2*1-37(2)19-8-7-13-30(38(3)26-10-5-4-6-11-26)33(42)39-20-18-29(36-31(40)24-14-16-25(34)17-15-24)28(23-39)32(41)35-22-27-12-9-21-43-27/h9,12,14-15,19-20,24,27,29-30H,4-8,10-11,13,16-18,21-22H2,1-3H3,(H,36,41)(H,37,42);2*9,12,14-17,21,26,28-30H,4-8,10-11,13,18-20,22-23H2,1-3H3,(H,35,41)(H,36,40)/t27-,29+,30+;2*28-,29+,30+/m000/s1. The molecule has 3 aromatic heterocycles. The number of hydrogen-bond donors (Lipinski definition) is 6. The molecule has 12 rings (SSSR count). The van der Waals surface area contributed by atoms with Gasteiger partial charge in [-0.15, -0.1) is 34.0 Å². The Hall–Kier alpha value is -8.53. The average Bonchev–Trinajstić information content (AvgIpc) is 1.33. The van der Waals surface area contributed by atoms with Crippen molar-refractivity contribution in [1.29, 1.82) is 0 Å². The Labute approximate surface area is 780 Å². The molecule has 3 aliphatic carbocycles. The first kappa shape index (κ1) is 104. The summed E-state index contributed by atoms with van der Waals surface area (Å²) in [4.78, 5) is 145. The van der Waals surface area contributed by atoms with Crippen LogP contribution in [-0.4, -0.2) is 274 Å². The number of rotatable bonds is 39. The minimum atomic E-state index is -0.961. The van der Waals surface area contributed by atoms with Gasteiger partial charge in [0.1, 0.15) is 23.3 Å². The van der Waals surface area contributed by atoms with Crippen LogP contribution < -0.4 is 31.9 Å². The van der Waals surface area contributed by atoms with Crippen LogP contribution in [0.3, 0.4) is 0 Å². The number of nitrogens with zero attached hydrogens (tertiary/aromatic N) is 9. The van der Waals surface area contributed by atoms with Crippen molar-refractivity contribution in [2.45, 2.75) is 247 Å². The molecule has 0 spiro atoms. The van der Waals surface area contributed by atoms with Crippen LogP contribution in [0.4, 0.5) is 17.6 Å². The van der Waals surface area contributed by atoms with Crippen LogP contribution in [0.1, 0.15) is 219 Å². The minimum absolute atomic E-state index is 0.0216. The molecule has 6 heterocycles. The van der Waals surface area contributed by atoms with Gasteiger partial charge < -0.3 is 61.3 Å². The number of carbonyl (C=O) groups excluding carboxylic acids is 9. The second-order valence-electron chi connectivity index (χ2n) is 37.1. The van der Waals surface area contributed by atoms with E-state index in [1.54, 1.807) is 27.6 Å². The molecule has 3 aromatic carbocycles. The highest BCUT2D eigenvalue weighted by Gasteiger charge is 2.45. The number of hydrogen-bond acceptors (Lipinski definition) is 18. The number of likely N-dealkylation sites (N-methyl/N-ethyl adjacent to an activating group) is 3. The van der Waals surface area contributed by atoms with Gasteiger partial charge in [-0.2, -0.15) is 0 Å². The van der Waals surface area contributed by atoms with Gasteiger partial charge in [0.2, 0.25) is 35.4 Å². The molecule has 3 aliphatic heterocycles. The van der Waals surface area contributed by atoms with Crippen LogP contribution in [-0.2, 0) is 48.4 Å². The predicted molar refractivity (Wildman–Crippen MR) is 508 cm³/mol. The molecule has 3 saturated carbocycles. The highest BCUT2D eigenvalue weighted by atomic mass is 32.1. The zero-order valence-electron chi connectivity index (χ0n) is 78.0. The molecule has 714 valence electrons. The van der Waals surface area contributed by atoms with Crippen LogP contribution in [0.5, 0.6) is 0 Å². The Morgan fingerprint density at radius 3 is 0.931 bits per heavy atom. The predicted octanol–water partition coefficient (Wildman–Crippen LogP) is 13.7. The highest BCUT2D eigenvalue weighted by Crippen LogP contribution is 2.33. The zero-order chi connectivity index (χ0) is 93.2. The van der Waals surface area contributed by atoms with Crippen molar-refractivity contribution in [3.8, 4) is 0 Å². The van der Waals surface area contributed by atoms with Gasteiger partial charge in [-0.05, 0) is 274 Å². The first-order valence-electron chi connectivity index (χ1n) is 47.3. The van der Waals surface area contributed by atoms with E-state index in [4.69, 9.17) is 0 Å². The molecular weight excluding hydrogens is 1720 g/mol. The van der Waals surface area contributed by atoms with E-state index < -0.39 is 65.1 Å². The van der Waals surface area contributed by atoms with Gasteiger partial charge in [0.25, 0.3) is 17.7 Å². The summed E-state index contributed by atoms with van der Waals surface area (Å²) in [6, 6.07) is 24.2. The summed E-state index contributed by atoms with van der Waals surface area (Å²) < 4.78 is 54.8. The number of carbonyl (C=O) groups is 9. The van der Waals surface area contributed by atoms with Gasteiger partial charge in [-0.1, -0.05) is 95.2 Å². The fourth-order valence-electron chi connectivity index (χ4n) is 19.2. The fourth-order valence-corrected chi connectivity index (χ4v) is 21.1. The number of amides is 9. The maximum absolute atomic E-state index is 14.4. The van der Waals surface area contributed by atoms with Gasteiger partial charge in [0.15, 0.2) is 0 Å². The Balaban J connectivity index is 0.000000203. The van der Waals surface area contributed by atoms with Crippen molar-refractivity contribution in [3.63, 3.8) is 0 Å². The molecule has 9 atom stereocenters. The van der Waals surface area contributed by atoms with Gasteiger partial charge >= 0.3 is 0 Å². The van der Waals surface area contributed by atoms with Gasteiger partial charge in [-0.3, -0.25) is 57.9 Å². The minimum Gasteiger partial charge on any atom is -0.351 e. The lowest BCUT2D eigenvalue weighted by molar-refractivity contribution is -0.143. The van der Waals surface area contributed by atoms with Crippen LogP contribution in [0.2, 0.25) is 0 Å². The quantitative estimate of drug-likeness (QED) is 0.0155. The van der Waals surface area contributed by atoms with Gasteiger partial charge in [0, 0.05) is 107 Å². The molecule has 6 aliphatic rings. The molecule has 24 nitrogen and oxygen atoms in total. The van der Waals surface area contributed by atoms with Crippen LogP contribution in [0.25, 0.3) is 0 Å². The highest BCUT2D eigenvalue weighted by molar-refractivity contribution is 7.10. The summed E-state index contributed by atoms with van der Waals surface area (Å²) in [5.41, 5.74) is 0.392. The molecule has 6 aromatic rings. The second kappa shape index (κ2) is 53.4. The van der Waals surface area contributed by atoms with Crippen molar-refractivity contribution in [2.75, 3.05) is 122 Å². The van der Waals surface area contributed by atoms with Crippen LogP contribution in [0, 0.1) is 41.0 Å². The van der Waals surface area contributed by atoms with E-state index in [-0.39, 0.29) is 90.6 Å². The summed E-state index contributed by atoms with van der Waals surface area (Å²) in [5.74, 6) is -6.35. The lowest BCUT2D eigenvalue weighted by Gasteiger charge is -2.42. The van der Waals surface area contributed by atoms with E-state index in [1.807, 2.05) is 76.4 Å². The number of halogens is 4. The largest absolute Gasteiger partial charge is 0.351 e. The Morgan fingerprint density at radius 2 is 0.654 bits per heavy atom. The second-order valence-corrected chi connectivity index (χ2v) is 40.2. The SMILES string of the molecule is CN(C)CCCC[C@H](C(=O)N1CC[C@@H](NC(=O)c2ccc(F)cc2)[C@@H](C(=O)NCc2cccs2)C1)N(C)C1CCCCC1.CN(C)CCCC[C@H](C(=O)N1CC[C@@H](NC(=O)c2ccc(F)cc2)[C@@H](C(=O)NCc2cccs2)C1)N(C)C1CCCCC1.CN(C)CCCC[C@H](C(=O)N1CC[C@@H](NC(=O)c2ccc(F)cc2F)[C@@H](C(=O)NCc2cccs2)C1)N(C)C1CCCCC1. The van der Waals surface area contributed by atoms with Gasteiger partial charge in [0.05, 0.1) is 61.1 Å². The molecule has 6 N–H and O–H groups in total. The Kier molecular flexibility index (Phi) is 42.5. The van der Waals surface area contributed by atoms with Crippen molar-refractivity contribution in [1.82, 2.24) is 76.0 Å². The molecule has 6 fully saturated rings. The fraction of sp³-hybridized carbons (Fsp3) is 0.606. The summed E-state index contributed by atoms with van der Waals surface area (Å²) >= 11 is 4.67. The average molecular weight is 1860 g/mol. The molecular formula is C99H143F4N15O9S3. The number of benzene rings is 3. The smallest absolute Gasteiger partial charge is 0.254 e. The Bertz CT molecular complexity index is 4280. The first-order valence-corrected chi connectivity index (χ1v) is 50.0. The third-order valence-corrected chi connectivity index (χ3v) is 29.6. The topological polar surface area (TPSA) is 255 Å². The Morgan fingerprint density at radius 1 is 0.362 bits per heavy atom. The number of unbranched alkanes of at least 4 members (excludes halogenated alkanes) is 3. The number of thiophene rings is 3. The molecule has 9 amide bonds. The summed E-state index contributed by atoms with van der Waals surface area (Å²) in [5, 5.41) is 23.8. The molecule has 0 radical (unpaired) electrons. The monoisotopic (exact) mass is 1860 g/mol. The normalized spacial score (nSPS) is 20.2. The molecule has 3 saturated heterocycles. The maximum Gasteiger partial charge on any atom is 0.254 e. The van der Waals surface area contributed by atoms with Crippen molar-refractivity contribution >= 4 is 87.2 Å². The zero-order valence-corrected chi connectivity index (χ0v) is 80.4. The van der Waals surface area contributed by atoms with E-state index in [2.05, 4.69) is 111 Å². The van der Waals surface area contributed by atoms with Crippen molar-refractivity contribution in [2.24, 2.45) is 17.8 Å². The molecule has 130 heavy (non-hydrogen) atoms. The lowest BCUT2D eigenvalue weighted by atomic mass is 9.89. The van der Waals surface area contributed by atoms with E-state index >= 15 is 0 Å². The maximum atomic E-state index is 14.4. The van der Waals surface area contributed by atoms with E-state index in [0.717, 1.165) is 143 Å². The number of nitrogens with one attached hydrogen (secondary N) is 6. The first-order chi connectivity index (χ1) is 62.6.